The summed E-state index contributed by atoms with van der Waals surface area (Å²) in [5.74, 6) is -0.606. The van der Waals surface area contributed by atoms with Crippen LogP contribution in [0.2, 0.25) is 0 Å². The summed E-state index contributed by atoms with van der Waals surface area (Å²) in [4.78, 5) is 14.5. The standard InChI is InChI=1S/C20H22FNO2/c1-24-19-10-9-16(13-18(19)21)20(23)17(14-22-11-5-6-12-22)15-7-3-2-4-8-15/h2-4,7-10,13,17H,5-6,11-12,14H2,1H3/p+1/t17-/m0/s1. The summed E-state index contributed by atoms with van der Waals surface area (Å²) in [6, 6.07) is 14.3. The minimum absolute atomic E-state index is 0.0258. The van der Waals surface area contributed by atoms with E-state index in [9.17, 15) is 9.18 Å². The number of Topliss-reactive ketones (excluding diaryl/α,β-unsaturated/α-hetero) is 1. The van der Waals surface area contributed by atoms with Gasteiger partial charge in [-0.2, -0.15) is 0 Å². The molecule has 0 spiro atoms. The number of ether oxygens (including phenoxy) is 1. The van der Waals surface area contributed by atoms with Crippen LogP contribution in [0.15, 0.2) is 48.5 Å². The summed E-state index contributed by atoms with van der Waals surface area (Å²) in [6.07, 6.45) is 2.42. The van der Waals surface area contributed by atoms with E-state index >= 15 is 0 Å². The van der Waals surface area contributed by atoms with E-state index in [1.165, 1.54) is 37.0 Å². The molecule has 1 aliphatic rings. The molecule has 0 aromatic heterocycles. The highest BCUT2D eigenvalue weighted by Crippen LogP contribution is 2.24. The molecule has 0 aliphatic carbocycles. The van der Waals surface area contributed by atoms with Gasteiger partial charge in [-0.25, -0.2) is 4.39 Å². The zero-order valence-electron chi connectivity index (χ0n) is 13.9. The van der Waals surface area contributed by atoms with E-state index in [1.807, 2.05) is 30.3 Å². The fraction of sp³-hybridized carbons (Fsp3) is 0.350. The number of rotatable bonds is 6. The molecule has 0 radical (unpaired) electrons. The number of carbonyl (C=O) groups excluding carboxylic acids is 1. The quantitative estimate of drug-likeness (QED) is 0.826. The molecule has 24 heavy (non-hydrogen) atoms. The van der Waals surface area contributed by atoms with Gasteiger partial charge in [0, 0.05) is 18.4 Å². The summed E-state index contributed by atoms with van der Waals surface area (Å²) in [7, 11) is 1.42. The van der Waals surface area contributed by atoms with Crippen LogP contribution in [0.3, 0.4) is 0 Å². The maximum Gasteiger partial charge on any atom is 0.176 e. The second kappa shape index (κ2) is 7.58. The zero-order valence-corrected chi connectivity index (χ0v) is 13.9. The van der Waals surface area contributed by atoms with Crippen molar-refractivity contribution in [1.82, 2.24) is 0 Å². The molecule has 1 fully saturated rings. The van der Waals surface area contributed by atoms with E-state index in [1.54, 1.807) is 6.07 Å². The summed E-state index contributed by atoms with van der Waals surface area (Å²) in [5.41, 5.74) is 1.40. The predicted octanol–water partition coefficient (Wildman–Crippen LogP) is 2.48. The molecule has 0 amide bonds. The van der Waals surface area contributed by atoms with Crippen molar-refractivity contribution >= 4 is 5.78 Å². The van der Waals surface area contributed by atoms with Crippen LogP contribution < -0.4 is 9.64 Å². The van der Waals surface area contributed by atoms with Crippen LogP contribution in [0.4, 0.5) is 4.39 Å². The topological polar surface area (TPSA) is 30.7 Å². The summed E-state index contributed by atoms with van der Waals surface area (Å²) >= 11 is 0. The first-order valence-electron chi connectivity index (χ1n) is 8.45. The van der Waals surface area contributed by atoms with Crippen molar-refractivity contribution in [2.45, 2.75) is 18.8 Å². The van der Waals surface area contributed by atoms with Gasteiger partial charge in [-0.15, -0.1) is 0 Å². The molecule has 2 aromatic rings. The number of halogens is 1. The highest BCUT2D eigenvalue weighted by Gasteiger charge is 2.29. The van der Waals surface area contributed by atoms with E-state index in [0.29, 0.717) is 5.56 Å². The van der Waals surface area contributed by atoms with E-state index < -0.39 is 5.82 Å². The van der Waals surface area contributed by atoms with Crippen molar-refractivity contribution in [2.75, 3.05) is 26.7 Å². The lowest BCUT2D eigenvalue weighted by molar-refractivity contribution is -0.887. The highest BCUT2D eigenvalue weighted by atomic mass is 19.1. The number of likely N-dealkylation sites (tertiary alicyclic amines) is 1. The number of nitrogens with one attached hydrogen (secondary N) is 1. The van der Waals surface area contributed by atoms with Crippen molar-refractivity contribution in [3.63, 3.8) is 0 Å². The molecule has 0 unspecified atom stereocenters. The number of hydrogen-bond acceptors (Lipinski definition) is 2. The highest BCUT2D eigenvalue weighted by molar-refractivity contribution is 6.01. The average Bonchev–Trinajstić information content (AvgIpc) is 3.13. The van der Waals surface area contributed by atoms with Crippen molar-refractivity contribution < 1.29 is 18.8 Å². The molecule has 3 nitrogen and oxygen atoms in total. The number of methoxy groups -OCH3 is 1. The lowest BCUT2D eigenvalue weighted by Crippen LogP contribution is -3.10. The third-order valence-electron chi connectivity index (χ3n) is 4.76. The van der Waals surface area contributed by atoms with Gasteiger partial charge in [-0.1, -0.05) is 30.3 Å². The molecule has 2 aromatic carbocycles. The molecule has 3 rings (SSSR count). The molecule has 0 bridgehead atoms. The second-order valence-corrected chi connectivity index (χ2v) is 6.34. The third kappa shape index (κ3) is 3.65. The Morgan fingerprint density at radius 1 is 1.17 bits per heavy atom. The minimum atomic E-state index is -0.497. The Morgan fingerprint density at radius 3 is 2.50 bits per heavy atom. The Morgan fingerprint density at radius 2 is 1.88 bits per heavy atom. The van der Waals surface area contributed by atoms with Gasteiger partial charge in [0.05, 0.1) is 32.7 Å². The lowest BCUT2D eigenvalue weighted by Gasteiger charge is -2.21. The first kappa shape index (κ1) is 16.7. The Labute approximate surface area is 142 Å². The smallest absolute Gasteiger partial charge is 0.176 e. The Bertz CT molecular complexity index is 696. The molecule has 1 N–H and O–H groups in total. The monoisotopic (exact) mass is 328 g/mol. The van der Waals surface area contributed by atoms with Crippen LogP contribution in [-0.4, -0.2) is 32.5 Å². The van der Waals surface area contributed by atoms with Crippen LogP contribution >= 0.6 is 0 Å². The Kier molecular flexibility index (Phi) is 5.26. The molecule has 1 atom stereocenters. The number of hydrogen-bond donors (Lipinski definition) is 1. The Hall–Kier alpha value is -2.20. The van der Waals surface area contributed by atoms with Gasteiger partial charge < -0.3 is 9.64 Å². The van der Waals surface area contributed by atoms with Crippen LogP contribution in [0, 0.1) is 5.82 Å². The molecule has 1 saturated heterocycles. The van der Waals surface area contributed by atoms with Gasteiger partial charge >= 0.3 is 0 Å². The zero-order chi connectivity index (χ0) is 16.9. The van der Waals surface area contributed by atoms with Crippen molar-refractivity contribution in [3.8, 4) is 5.75 Å². The van der Waals surface area contributed by atoms with E-state index in [2.05, 4.69) is 0 Å². The van der Waals surface area contributed by atoms with Gasteiger partial charge in [0.25, 0.3) is 0 Å². The van der Waals surface area contributed by atoms with Gasteiger partial charge in [0.15, 0.2) is 17.3 Å². The lowest BCUT2D eigenvalue weighted by atomic mass is 9.90. The summed E-state index contributed by atoms with van der Waals surface area (Å²) in [6.45, 7) is 2.97. The molecular formula is C20H23FNO2+. The number of benzene rings is 2. The van der Waals surface area contributed by atoms with Gasteiger partial charge in [-0.05, 0) is 23.8 Å². The van der Waals surface area contributed by atoms with Crippen LogP contribution in [0.1, 0.15) is 34.7 Å². The van der Waals surface area contributed by atoms with Crippen molar-refractivity contribution in [3.05, 3.63) is 65.5 Å². The molecule has 126 valence electrons. The molecule has 0 saturated carbocycles. The predicted molar refractivity (Wildman–Crippen MR) is 91.3 cm³/mol. The molecule has 4 heteroatoms. The van der Waals surface area contributed by atoms with Crippen molar-refractivity contribution in [1.29, 1.82) is 0 Å². The Balaban J connectivity index is 1.89. The van der Waals surface area contributed by atoms with Gasteiger partial charge in [0.1, 0.15) is 0 Å². The maximum atomic E-state index is 14.0. The molecule has 1 aliphatic heterocycles. The van der Waals surface area contributed by atoms with Gasteiger partial charge in [0.2, 0.25) is 0 Å². The molecule has 1 heterocycles. The van der Waals surface area contributed by atoms with Crippen LogP contribution in [-0.2, 0) is 0 Å². The fourth-order valence-electron chi connectivity index (χ4n) is 3.44. The van der Waals surface area contributed by atoms with Gasteiger partial charge in [-0.3, -0.25) is 4.79 Å². The summed E-state index contributed by atoms with van der Waals surface area (Å²) < 4.78 is 18.9. The van der Waals surface area contributed by atoms with Crippen LogP contribution in [0.25, 0.3) is 0 Å². The van der Waals surface area contributed by atoms with Crippen molar-refractivity contribution in [2.24, 2.45) is 0 Å². The summed E-state index contributed by atoms with van der Waals surface area (Å²) in [5, 5.41) is 0. The average molecular weight is 328 g/mol. The first-order valence-corrected chi connectivity index (χ1v) is 8.45. The SMILES string of the molecule is COc1ccc(C(=O)[C@@H](C[NH+]2CCCC2)c2ccccc2)cc1F. The molecular weight excluding hydrogens is 305 g/mol. The third-order valence-corrected chi connectivity index (χ3v) is 4.76. The van der Waals surface area contributed by atoms with E-state index in [0.717, 1.165) is 25.2 Å². The number of carbonyl (C=O) groups is 1. The van der Waals surface area contributed by atoms with E-state index in [4.69, 9.17) is 4.74 Å². The maximum absolute atomic E-state index is 14.0. The number of quaternary nitrogens is 1. The number of ketones is 1. The van der Waals surface area contributed by atoms with E-state index in [-0.39, 0.29) is 17.5 Å². The largest absolute Gasteiger partial charge is 0.494 e. The minimum Gasteiger partial charge on any atom is -0.494 e. The van der Waals surface area contributed by atoms with Crippen LogP contribution in [0.5, 0.6) is 5.75 Å². The normalized spacial score (nSPS) is 16.1. The second-order valence-electron chi connectivity index (χ2n) is 6.34. The first-order chi connectivity index (χ1) is 11.7. The fourth-order valence-corrected chi connectivity index (χ4v) is 3.44.